The van der Waals surface area contributed by atoms with E-state index in [1.54, 1.807) is 12.1 Å². The summed E-state index contributed by atoms with van der Waals surface area (Å²) < 4.78 is 18.9. The quantitative estimate of drug-likeness (QED) is 0.490. The van der Waals surface area contributed by atoms with Crippen LogP contribution in [0.15, 0.2) is 71.3 Å². The maximum Gasteiger partial charge on any atom is 0.239 e. The molecule has 0 aliphatic carbocycles. The first-order valence-corrected chi connectivity index (χ1v) is 9.54. The molecule has 0 fully saturated rings. The van der Waals surface area contributed by atoms with Crippen molar-refractivity contribution in [1.29, 1.82) is 0 Å². The highest BCUT2D eigenvalue weighted by Gasteiger charge is 2.22. The molecule has 0 radical (unpaired) electrons. The van der Waals surface area contributed by atoms with Crippen LogP contribution in [0.3, 0.4) is 0 Å². The van der Waals surface area contributed by atoms with Crippen molar-refractivity contribution in [3.05, 3.63) is 89.5 Å². The largest absolute Gasteiger partial charge is 0.337 e. The minimum absolute atomic E-state index is 0.210. The molecule has 0 aliphatic heterocycles. The fraction of sp³-hybridized carbons (Fsp3) is 0.125. The fourth-order valence-electron chi connectivity index (χ4n) is 3.38. The third-order valence-corrected chi connectivity index (χ3v) is 4.64. The van der Waals surface area contributed by atoms with E-state index in [0.717, 1.165) is 22.5 Å². The average Bonchev–Trinajstić information content (AvgIpc) is 3.12. The van der Waals surface area contributed by atoms with Crippen LogP contribution in [0.2, 0.25) is 0 Å². The number of rotatable bonds is 5. The molecule has 1 amide bonds. The van der Waals surface area contributed by atoms with Gasteiger partial charge in [0.1, 0.15) is 11.5 Å². The van der Waals surface area contributed by atoms with Crippen molar-refractivity contribution >= 4 is 11.8 Å². The van der Waals surface area contributed by atoms with Gasteiger partial charge in [-0.15, -0.1) is 0 Å². The Kier molecular flexibility index (Phi) is 5.39. The number of amides is 1. The van der Waals surface area contributed by atoms with Gasteiger partial charge in [-0.1, -0.05) is 35.5 Å². The summed E-state index contributed by atoms with van der Waals surface area (Å²) >= 11 is 0. The Morgan fingerprint density at radius 3 is 2.30 bits per heavy atom. The molecule has 0 bridgehead atoms. The molecule has 0 atom stereocenters. The second-order valence-electron chi connectivity index (χ2n) is 7.09. The van der Waals surface area contributed by atoms with E-state index in [0.29, 0.717) is 16.8 Å². The summed E-state index contributed by atoms with van der Waals surface area (Å²) in [5.74, 6) is -0.303. The van der Waals surface area contributed by atoms with E-state index in [9.17, 15) is 9.18 Å². The summed E-state index contributed by atoms with van der Waals surface area (Å²) in [6, 6.07) is 19.3. The Labute approximate surface area is 173 Å². The standard InChI is InChI=1S/C24H20FN3O2/c1-15-12-19(13-16(2)26-15)22-23(18-8-10-20(25)11-9-18)28-30-24(22)27-21(29)14-17-6-4-3-5-7-17/h3-13H,14H2,1-2H3,(H,27,29). The zero-order valence-corrected chi connectivity index (χ0v) is 16.6. The number of aromatic nitrogens is 2. The summed E-state index contributed by atoms with van der Waals surface area (Å²) in [4.78, 5) is 17.0. The lowest BCUT2D eigenvalue weighted by Gasteiger charge is -2.08. The van der Waals surface area contributed by atoms with Gasteiger partial charge in [0.05, 0.1) is 12.0 Å². The van der Waals surface area contributed by atoms with E-state index in [1.807, 2.05) is 56.3 Å². The molecular weight excluding hydrogens is 381 g/mol. The number of hydrogen-bond acceptors (Lipinski definition) is 4. The minimum atomic E-state index is -0.337. The third-order valence-electron chi connectivity index (χ3n) is 4.64. The topological polar surface area (TPSA) is 68.0 Å². The molecule has 2 aromatic heterocycles. The Morgan fingerprint density at radius 1 is 0.967 bits per heavy atom. The first-order chi connectivity index (χ1) is 14.5. The van der Waals surface area contributed by atoms with Crippen LogP contribution in [0.4, 0.5) is 10.3 Å². The first kappa shape index (κ1) is 19.5. The van der Waals surface area contributed by atoms with Crippen LogP contribution in [-0.2, 0) is 11.2 Å². The lowest BCUT2D eigenvalue weighted by Crippen LogP contribution is -2.14. The van der Waals surface area contributed by atoms with E-state index < -0.39 is 0 Å². The predicted octanol–water partition coefficient (Wildman–Crippen LogP) is 5.34. The zero-order valence-electron chi connectivity index (χ0n) is 16.6. The van der Waals surface area contributed by atoms with Gasteiger partial charge in [0.2, 0.25) is 11.8 Å². The molecule has 1 N–H and O–H groups in total. The van der Waals surface area contributed by atoms with Crippen LogP contribution < -0.4 is 5.32 Å². The highest BCUT2D eigenvalue weighted by atomic mass is 19.1. The van der Waals surface area contributed by atoms with Gasteiger partial charge in [-0.2, -0.15) is 0 Å². The summed E-state index contributed by atoms with van der Waals surface area (Å²) in [7, 11) is 0. The monoisotopic (exact) mass is 401 g/mol. The van der Waals surface area contributed by atoms with Crippen molar-refractivity contribution in [2.24, 2.45) is 0 Å². The number of anilines is 1. The minimum Gasteiger partial charge on any atom is -0.337 e. The Bertz CT molecular complexity index is 1160. The predicted molar refractivity (Wildman–Crippen MR) is 113 cm³/mol. The summed E-state index contributed by atoms with van der Waals surface area (Å²) in [6.07, 6.45) is 0.210. The molecule has 6 heteroatoms. The lowest BCUT2D eigenvalue weighted by atomic mass is 10.00. The molecule has 2 heterocycles. The van der Waals surface area contributed by atoms with Crippen LogP contribution in [0.1, 0.15) is 17.0 Å². The highest BCUT2D eigenvalue weighted by molar-refractivity contribution is 5.98. The zero-order chi connectivity index (χ0) is 21.1. The molecule has 150 valence electrons. The van der Waals surface area contributed by atoms with Crippen molar-refractivity contribution in [2.45, 2.75) is 20.3 Å². The molecule has 0 saturated heterocycles. The van der Waals surface area contributed by atoms with Crippen molar-refractivity contribution < 1.29 is 13.7 Å². The SMILES string of the molecule is Cc1cc(-c2c(-c3ccc(F)cc3)noc2NC(=O)Cc2ccccc2)cc(C)n1. The van der Waals surface area contributed by atoms with Crippen molar-refractivity contribution in [3.63, 3.8) is 0 Å². The molecule has 5 nitrogen and oxygen atoms in total. The van der Waals surface area contributed by atoms with Gasteiger partial charge in [-0.05, 0) is 61.4 Å². The first-order valence-electron chi connectivity index (χ1n) is 9.54. The highest BCUT2D eigenvalue weighted by Crippen LogP contribution is 2.38. The lowest BCUT2D eigenvalue weighted by molar-refractivity contribution is -0.115. The number of pyridine rings is 1. The second-order valence-corrected chi connectivity index (χ2v) is 7.09. The van der Waals surface area contributed by atoms with E-state index in [-0.39, 0.29) is 24.0 Å². The molecule has 2 aromatic carbocycles. The van der Waals surface area contributed by atoms with Gasteiger partial charge in [0.25, 0.3) is 0 Å². The molecule has 0 spiro atoms. The molecule has 30 heavy (non-hydrogen) atoms. The Balaban J connectivity index is 1.74. The van der Waals surface area contributed by atoms with Crippen molar-refractivity contribution in [1.82, 2.24) is 10.1 Å². The van der Waals surface area contributed by atoms with Gasteiger partial charge in [-0.25, -0.2) is 4.39 Å². The van der Waals surface area contributed by atoms with Crippen LogP contribution in [0.5, 0.6) is 0 Å². The maximum absolute atomic E-state index is 13.4. The number of carbonyl (C=O) groups excluding carboxylic acids is 1. The van der Waals surface area contributed by atoms with Gasteiger partial charge in [0.15, 0.2) is 0 Å². The van der Waals surface area contributed by atoms with Gasteiger partial charge in [-0.3, -0.25) is 15.1 Å². The molecule has 4 rings (SSSR count). The van der Waals surface area contributed by atoms with Gasteiger partial charge >= 0.3 is 0 Å². The average molecular weight is 401 g/mol. The van der Waals surface area contributed by atoms with Gasteiger partial charge in [0, 0.05) is 17.0 Å². The van der Waals surface area contributed by atoms with E-state index >= 15 is 0 Å². The smallest absolute Gasteiger partial charge is 0.239 e. The maximum atomic E-state index is 13.4. The molecular formula is C24H20FN3O2. The van der Waals surface area contributed by atoms with Crippen LogP contribution in [-0.4, -0.2) is 16.0 Å². The van der Waals surface area contributed by atoms with E-state index in [4.69, 9.17) is 4.52 Å². The van der Waals surface area contributed by atoms with Crippen LogP contribution >= 0.6 is 0 Å². The third kappa shape index (κ3) is 4.27. The van der Waals surface area contributed by atoms with Crippen molar-refractivity contribution in [2.75, 3.05) is 5.32 Å². The normalized spacial score (nSPS) is 10.8. The van der Waals surface area contributed by atoms with E-state index in [2.05, 4.69) is 15.5 Å². The van der Waals surface area contributed by atoms with Gasteiger partial charge < -0.3 is 4.52 Å². The number of nitrogens with zero attached hydrogens (tertiary/aromatic N) is 2. The number of carbonyl (C=O) groups is 1. The van der Waals surface area contributed by atoms with Crippen LogP contribution in [0, 0.1) is 19.7 Å². The molecule has 0 saturated carbocycles. The fourth-order valence-corrected chi connectivity index (χ4v) is 3.38. The number of halogens is 1. The molecule has 0 unspecified atom stereocenters. The molecule has 4 aromatic rings. The number of aryl methyl sites for hydroxylation is 2. The number of nitrogens with one attached hydrogen (secondary N) is 1. The van der Waals surface area contributed by atoms with E-state index in [1.165, 1.54) is 12.1 Å². The van der Waals surface area contributed by atoms with Crippen molar-refractivity contribution in [3.8, 4) is 22.4 Å². The van der Waals surface area contributed by atoms with Crippen LogP contribution in [0.25, 0.3) is 22.4 Å². The summed E-state index contributed by atoms with van der Waals surface area (Å²) in [5, 5.41) is 7.01. The summed E-state index contributed by atoms with van der Waals surface area (Å²) in [6.45, 7) is 3.80. The number of benzene rings is 2. The number of hydrogen-bond donors (Lipinski definition) is 1. The molecule has 0 aliphatic rings. The summed E-state index contributed by atoms with van der Waals surface area (Å²) in [5.41, 5.74) is 5.22. The Hall–Kier alpha value is -3.80. The Morgan fingerprint density at radius 2 is 1.63 bits per heavy atom. The second kappa shape index (κ2) is 8.29.